The summed E-state index contributed by atoms with van der Waals surface area (Å²) in [6.07, 6.45) is 3.35. The molecule has 5 heteroatoms. The van der Waals surface area contributed by atoms with Crippen LogP contribution in [0, 0.1) is 5.41 Å². The Labute approximate surface area is 156 Å². The van der Waals surface area contributed by atoms with E-state index in [1.165, 1.54) is 0 Å². The van der Waals surface area contributed by atoms with Crippen LogP contribution < -0.4 is 0 Å². The fourth-order valence-electron chi connectivity index (χ4n) is 1.70. The first-order valence-electron chi connectivity index (χ1n) is 6.56. The molecule has 0 saturated carbocycles. The number of rotatable bonds is 7. The van der Waals surface area contributed by atoms with Crippen molar-refractivity contribution in [3.63, 3.8) is 0 Å². The van der Waals surface area contributed by atoms with Crippen molar-refractivity contribution in [2.24, 2.45) is 5.41 Å². The summed E-state index contributed by atoms with van der Waals surface area (Å²) in [4.78, 5) is 22.1. The summed E-state index contributed by atoms with van der Waals surface area (Å²) in [6, 6.07) is 0. The minimum absolute atomic E-state index is 0. The Kier molecular flexibility index (Phi) is 10.8. The molecule has 0 aromatic heterocycles. The second-order valence-electron chi connectivity index (χ2n) is 5.98. The monoisotopic (exact) mass is 398 g/mol. The molecule has 19 heavy (non-hydrogen) atoms. The van der Waals surface area contributed by atoms with Gasteiger partial charge >= 0.3 is 60.8 Å². The van der Waals surface area contributed by atoms with Gasteiger partial charge in [0, 0.05) is 5.41 Å². The van der Waals surface area contributed by atoms with Gasteiger partial charge in [0.1, 0.15) is 12.0 Å². The van der Waals surface area contributed by atoms with Crippen LogP contribution in [0.4, 0.5) is 0 Å². The number of carboxylic acids is 1. The number of hydrogen-bond donors (Lipinski definition) is 1. The molecule has 0 amide bonds. The third-order valence-corrected chi connectivity index (χ3v) is 3.48. The molecule has 0 aliphatic rings. The molecule has 0 bridgehead atoms. The van der Waals surface area contributed by atoms with Crippen LogP contribution in [0.25, 0.3) is 0 Å². The molecule has 1 atom stereocenters. The number of ether oxygens (including phenoxy) is 1. The van der Waals surface area contributed by atoms with Gasteiger partial charge in [-0.15, -0.1) is 0 Å². The molecular weight excluding hydrogens is 369 g/mol. The normalized spacial score (nSPS) is 14.2. The van der Waals surface area contributed by atoms with Crippen LogP contribution in [-0.2, 0) is 14.3 Å². The molecule has 0 aliphatic heterocycles. The Bertz CT molecular complexity index is 296. The van der Waals surface area contributed by atoms with E-state index in [4.69, 9.17) is 9.84 Å². The summed E-state index contributed by atoms with van der Waals surface area (Å²) in [7, 11) is 0. The second-order valence-corrected chi connectivity index (χ2v) is 5.98. The fourth-order valence-corrected chi connectivity index (χ4v) is 1.70. The summed E-state index contributed by atoms with van der Waals surface area (Å²) >= 11 is 0. The van der Waals surface area contributed by atoms with E-state index in [1.54, 1.807) is 0 Å². The molecule has 0 aromatic rings. The van der Waals surface area contributed by atoms with E-state index < -0.39 is 24.0 Å². The molecule has 0 heterocycles. The van der Waals surface area contributed by atoms with Gasteiger partial charge in [0.2, 0.25) is 0 Å². The van der Waals surface area contributed by atoms with E-state index in [0.29, 0.717) is 0 Å². The van der Waals surface area contributed by atoms with E-state index >= 15 is 0 Å². The first-order chi connectivity index (χ1) is 8.12. The Morgan fingerprint density at radius 1 is 1.11 bits per heavy atom. The Morgan fingerprint density at radius 2 is 1.63 bits per heavy atom. The molecule has 1 unspecified atom stereocenters. The van der Waals surface area contributed by atoms with Gasteiger partial charge in [-0.05, 0) is 19.8 Å². The van der Waals surface area contributed by atoms with Crippen molar-refractivity contribution in [1.29, 1.82) is 0 Å². The maximum absolute atomic E-state index is 11.5. The van der Waals surface area contributed by atoms with Crippen molar-refractivity contribution in [1.82, 2.24) is 0 Å². The Hall–Kier alpha value is 0.511. The topological polar surface area (TPSA) is 63.6 Å². The molecule has 0 rings (SSSR count). The van der Waals surface area contributed by atoms with Gasteiger partial charge in [0.15, 0.2) is 0 Å². The summed E-state index contributed by atoms with van der Waals surface area (Å²) in [6.45, 7) is 10.0. The van der Waals surface area contributed by atoms with Crippen molar-refractivity contribution in [3.05, 3.63) is 0 Å². The molecule has 0 saturated heterocycles. The number of unbranched alkanes of at least 4 members (excludes halogenated alkanes) is 2. The fraction of sp³-hybridized carbons (Fsp3) is 0.857. The van der Waals surface area contributed by atoms with Crippen molar-refractivity contribution in [2.75, 3.05) is 0 Å². The SMILES string of the molecule is CCCCCC(C)(OC(=O)CC(=O)O)C(C)(C)C.[BaH2]. The van der Waals surface area contributed by atoms with Crippen LogP contribution in [0.3, 0.4) is 0 Å². The molecule has 0 aliphatic carbocycles. The number of aliphatic carboxylic acids is 1. The zero-order valence-electron chi connectivity index (χ0n) is 12.2. The standard InChI is InChI=1S/C14H26O4.Ba.2H/c1-6-7-8-9-14(5,13(2,3)4)18-12(17)10-11(15)16;;;/h6-10H2,1-5H3,(H,15,16);;;. The third-order valence-electron chi connectivity index (χ3n) is 3.48. The predicted molar refractivity (Wildman–Crippen MR) is 78.9 cm³/mol. The summed E-state index contributed by atoms with van der Waals surface area (Å²) < 4.78 is 5.44. The van der Waals surface area contributed by atoms with E-state index in [2.05, 4.69) is 6.92 Å². The van der Waals surface area contributed by atoms with Gasteiger partial charge in [0.25, 0.3) is 0 Å². The van der Waals surface area contributed by atoms with Crippen LogP contribution in [0.2, 0.25) is 0 Å². The van der Waals surface area contributed by atoms with Crippen molar-refractivity contribution in [2.45, 2.75) is 72.3 Å². The van der Waals surface area contributed by atoms with Crippen LogP contribution >= 0.6 is 0 Å². The zero-order valence-corrected chi connectivity index (χ0v) is 12.2. The predicted octanol–water partition coefficient (Wildman–Crippen LogP) is 2.47. The van der Waals surface area contributed by atoms with Gasteiger partial charge in [-0.25, -0.2) is 0 Å². The summed E-state index contributed by atoms with van der Waals surface area (Å²) in [5, 5.41) is 8.60. The van der Waals surface area contributed by atoms with Crippen molar-refractivity contribution < 1.29 is 19.4 Å². The van der Waals surface area contributed by atoms with Gasteiger partial charge in [-0.2, -0.15) is 0 Å². The first-order valence-corrected chi connectivity index (χ1v) is 6.56. The minimum atomic E-state index is -1.15. The summed E-state index contributed by atoms with van der Waals surface area (Å²) in [5.41, 5.74) is -0.830. The first kappa shape index (κ1) is 21.8. The van der Waals surface area contributed by atoms with Crippen molar-refractivity contribution in [3.8, 4) is 0 Å². The average Bonchev–Trinajstić information content (AvgIpc) is 2.14. The molecule has 0 spiro atoms. The van der Waals surface area contributed by atoms with Crippen LogP contribution in [-0.4, -0.2) is 71.5 Å². The van der Waals surface area contributed by atoms with Gasteiger partial charge < -0.3 is 9.84 Å². The number of hydrogen-bond acceptors (Lipinski definition) is 3. The van der Waals surface area contributed by atoms with Gasteiger partial charge in [-0.3, -0.25) is 9.59 Å². The Balaban J connectivity index is 0. The molecule has 4 nitrogen and oxygen atoms in total. The van der Waals surface area contributed by atoms with Crippen LogP contribution in [0.15, 0.2) is 0 Å². The van der Waals surface area contributed by atoms with E-state index in [9.17, 15) is 9.59 Å². The van der Waals surface area contributed by atoms with Crippen LogP contribution in [0.5, 0.6) is 0 Å². The molecule has 0 fully saturated rings. The average molecular weight is 398 g/mol. The maximum atomic E-state index is 11.5. The molecule has 110 valence electrons. The van der Waals surface area contributed by atoms with Crippen LogP contribution in [0.1, 0.15) is 66.7 Å². The molecule has 0 radical (unpaired) electrons. The summed E-state index contributed by atoms with van der Waals surface area (Å²) in [5.74, 6) is -1.80. The molecule has 0 aromatic carbocycles. The number of carbonyl (C=O) groups is 2. The number of carbonyl (C=O) groups excluding carboxylic acids is 1. The van der Waals surface area contributed by atoms with E-state index in [-0.39, 0.29) is 54.3 Å². The van der Waals surface area contributed by atoms with Gasteiger partial charge in [-0.1, -0.05) is 40.5 Å². The van der Waals surface area contributed by atoms with Crippen molar-refractivity contribution >= 4 is 60.8 Å². The third kappa shape index (κ3) is 8.40. The van der Waals surface area contributed by atoms with E-state index in [1.807, 2.05) is 27.7 Å². The van der Waals surface area contributed by atoms with E-state index in [0.717, 1.165) is 25.7 Å². The number of carboxylic acid groups (broad SMARTS) is 1. The Morgan fingerprint density at radius 3 is 2.00 bits per heavy atom. The van der Waals surface area contributed by atoms with Gasteiger partial charge in [0.05, 0.1) is 0 Å². The second kappa shape index (κ2) is 9.45. The quantitative estimate of drug-likeness (QED) is 0.310. The molecule has 1 N–H and O–H groups in total. The zero-order chi connectivity index (χ0) is 14.4. The number of esters is 1. The molecular formula is C14H28BaO4.